The molecule has 3 N–H and O–H groups in total. The van der Waals surface area contributed by atoms with Crippen LogP contribution < -0.4 is 11.2 Å². The molecule has 1 amide bonds. The summed E-state index contributed by atoms with van der Waals surface area (Å²) in [5.74, 6) is -1.30. The van der Waals surface area contributed by atoms with E-state index in [9.17, 15) is 13.6 Å². The summed E-state index contributed by atoms with van der Waals surface area (Å²) < 4.78 is 27.3. The minimum atomic E-state index is -1.30. The van der Waals surface area contributed by atoms with Crippen LogP contribution in [0, 0.1) is 11.6 Å². The molecule has 3 aromatic rings. The maximum atomic E-state index is 13.7. The van der Waals surface area contributed by atoms with Gasteiger partial charge in [0.15, 0.2) is 0 Å². The number of nitrogens with two attached hydrogens (primary N) is 1. The highest BCUT2D eigenvalue weighted by atomic mass is 35.5. The average molecular weight is 414 g/mol. The molecule has 0 aliphatic carbocycles. The van der Waals surface area contributed by atoms with Crippen LogP contribution in [0.5, 0.6) is 0 Å². The Labute approximate surface area is 172 Å². The van der Waals surface area contributed by atoms with E-state index in [0.29, 0.717) is 21.7 Å². The van der Waals surface area contributed by atoms with Gasteiger partial charge in [-0.15, -0.1) is 0 Å². The van der Waals surface area contributed by atoms with Crippen molar-refractivity contribution in [2.24, 2.45) is 10.8 Å². The Morgan fingerprint density at radius 1 is 0.931 bits per heavy atom. The summed E-state index contributed by atoms with van der Waals surface area (Å²) in [6.45, 7) is 1.30. The summed E-state index contributed by atoms with van der Waals surface area (Å²) in [6.07, 6.45) is 0. The fraction of sp³-hybridized carbons (Fsp3) is 0.0909. The van der Waals surface area contributed by atoms with Gasteiger partial charge in [0.25, 0.3) is 0 Å². The molecule has 3 aromatic carbocycles. The van der Waals surface area contributed by atoms with Gasteiger partial charge in [0.2, 0.25) is 5.91 Å². The van der Waals surface area contributed by atoms with Crippen LogP contribution >= 0.6 is 11.6 Å². The number of rotatable bonds is 5. The summed E-state index contributed by atoms with van der Waals surface area (Å²) in [5.41, 5.74) is 9.10. The van der Waals surface area contributed by atoms with Crippen molar-refractivity contribution in [2.75, 3.05) is 0 Å². The fourth-order valence-corrected chi connectivity index (χ4v) is 3.58. The molecule has 0 saturated heterocycles. The molecule has 3 rings (SSSR count). The zero-order valence-electron chi connectivity index (χ0n) is 15.5. The van der Waals surface area contributed by atoms with E-state index >= 15 is 0 Å². The van der Waals surface area contributed by atoms with E-state index in [0.717, 1.165) is 0 Å². The maximum absolute atomic E-state index is 13.7. The summed E-state index contributed by atoms with van der Waals surface area (Å²) in [5, 5.41) is 4.44. The standard InChI is InChI=1S/C22H18ClF2N3O/c1-14(29)27-28-21(26)22(15-6-10-17(24)11-7-15,16-8-12-18(25)13-9-16)19-4-2-3-5-20(19)23/h2-13H,1H3,(H2,26,28)(H,27,29). The molecule has 0 fully saturated rings. The van der Waals surface area contributed by atoms with Crippen molar-refractivity contribution in [1.82, 2.24) is 5.43 Å². The lowest BCUT2D eigenvalue weighted by Gasteiger charge is -2.35. The van der Waals surface area contributed by atoms with Crippen molar-refractivity contribution < 1.29 is 13.6 Å². The van der Waals surface area contributed by atoms with Crippen molar-refractivity contribution in [3.8, 4) is 0 Å². The van der Waals surface area contributed by atoms with Crippen molar-refractivity contribution in [3.63, 3.8) is 0 Å². The first-order valence-corrected chi connectivity index (χ1v) is 9.11. The lowest BCUT2D eigenvalue weighted by Crippen LogP contribution is -2.45. The predicted octanol–water partition coefficient (Wildman–Crippen LogP) is 4.36. The van der Waals surface area contributed by atoms with Crippen LogP contribution in [-0.2, 0) is 10.2 Å². The third-order valence-electron chi connectivity index (χ3n) is 4.55. The normalized spacial score (nSPS) is 11.9. The highest BCUT2D eigenvalue weighted by molar-refractivity contribution is 6.32. The van der Waals surface area contributed by atoms with E-state index in [2.05, 4.69) is 10.5 Å². The van der Waals surface area contributed by atoms with E-state index in [1.807, 2.05) is 0 Å². The zero-order valence-corrected chi connectivity index (χ0v) is 16.3. The Morgan fingerprint density at radius 3 is 1.86 bits per heavy atom. The molecule has 0 atom stereocenters. The largest absolute Gasteiger partial charge is 0.384 e. The summed E-state index contributed by atoms with van der Waals surface area (Å²) in [7, 11) is 0. The quantitative estimate of drug-likeness (QED) is 0.282. The highest BCUT2D eigenvalue weighted by Crippen LogP contribution is 2.42. The number of nitrogens with one attached hydrogen (secondary N) is 1. The molecule has 0 aliphatic heterocycles. The molecule has 0 heterocycles. The number of benzene rings is 3. The van der Waals surface area contributed by atoms with Crippen LogP contribution in [0.2, 0.25) is 5.02 Å². The fourth-order valence-electron chi connectivity index (χ4n) is 3.30. The van der Waals surface area contributed by atoms with E-state index in [1.54, 1.807) is 48.5 Å². The predicted molar refractivity (Wildman–Crippen MR) is 110 cm³/mol. The molecule has 148 valence electrons. The smallest absolute Gasteiger partial charge is 0.236 e. The Morgan fingerprint density at radius 2 is 1.41 bits per heavy atom. The SMILES string of the molecule is CC(=O)NN=C(N)C(c1ccc(F)cc1)(c1ccc(F)cc1)c1ccccc1Cl. The Balaban J connectivity index is 2.42. The number of hydrogen-bond donors (Lipinski definition) is 2. The first-order valence-electron chi connectivity index (χ1n) is 8.73. The number of amidine groups is 1. The Kier molecular flexibility index (Phi) is 5.94. The Bertz CT molecular complexity index is 1000. The van der Waals surface area contributed by atoms with Gasteiger partial charge in [-0.2, -0.15) is 5.10 Å². The van der Waals surface area contributed by atoms with Crippen molar-refractivity contribution in [3.05, 3.63) is 106 Å². The van der Waals surface area contributed by atoms with Gasteiger partial charge in [-0.05, 0) is 47.0 Å². The number of hydrogen-bond acceptors (Lipinski definition) is 2. The second kappa shape index (κ2) is 8.41. The molecule has 29 heavy (non-hydrogen) atoms. The third-order valence-corrected chi connectivity index (χ3v) is 4.88. The first-order chi connectivity index (χ1) is 13.9. The molecule has 0 radical (unpaired) electrons. The molecule has 7 heteroatoms. The minimum Gasteiger partial charge on any atom is -0.384 e. The van der Waals surface area contributed by atoms with E-state index in [-0.39, 0.29) is 5.84 Å². The highest BCUT2D eigenvalue weighted by Gasteiger charge is 2.42. The number of carbonyl (C=O) groups excluding carboxylic acids is 1. The summed E-state index contributed by atoms with van der Waals surface area (Å²) in [4.78, 5) is 11.4. The molecule has 0 aromatic heterocycles. The molecular formula is C22H18ClF2N3O. The number of hydrazone groups is 1. The molecule has 4 nitrogen and oxygen atoms in total. The monoisotopic (exact) mass is 413 g/mol. The van der Waals surface area contributed by atoms with E-state index < -0.39 is 23.0 Å². The summed E-state index contributed by atoms with van der Waals surface area (Å²) >= 11 is 6.53. The number of amides is 1. The Hall–Kier alpha value is -3.25. The third kappa shape index (κ3) is 3.98. The second-order valence-corrected chi connectivity index (χ2v) is 6.82. The average Bonchev–Trinajstić information content (AvgIpc) is 2.70. The van der Waals surface area contributed by atoms with Gasteiger partial charge in [-0.25, -0.2) is 14.2 Å². The van der Waals surface area contributed by atoms with Gasteiger partial charge >= 0.3 is 0 Å². The lowest BCUT2D eigenvalue weighted by atomic mass is 9.68. The van der Waals surface area contributed by atoms with Crippen LogP contribution in [0.4, 0.5) is 8.78 Å². The van der Waals surface area contributed by atoms with Gasteiger partial charge in [-0.3, -0.25) is 4.79 Å². The van der Waals surface area contributed by atoms with Crippen LogP contribution in [0.25, 0.3) is 0 Å². The van der Waals surface area contributed by atoms with E-state index in [4.69, 9.17) is 17.3 Å². The molecule has 0 unspecified atom stereocenters. The van der Waals surface area contributed by atoms with Crippen molar-refractivity contribution >= 4 is 23.3 Å². The van der Waals surface area contributed by atoms with Gasteiger partial charge in [0.05, 0.1) is 0 Å². The van der Waals surface area contributed by atoms with Crippen LogP contribution in [0.15, 0.2) is 77.9 Å². The number of halogens is 3. The number of carbonyl (C=O) groups is 1. The lowest BCUT2D eigenvalue weighted by molar-refractivity contribution is -0.118. The first kappa shape index (κ1) is 20.5. The zero-order chi connectivity index (χ0) is 21.0. The van der Waals surface area contributed by atoms with Crippen LogP contribution in [-0.4, -0.2) is 11.7 Å². The molecule has 0 aliphatic rings. The van der Waals surface area contributed by atoms with Crippen LogP contribution in [0.1, 0.15) is 23.6 Å². The van der Waals surface area contributed by atoms with Crippen molar-refractivity contribution in [2.45, 2.75) is 12.3 Å². The second-order valence-electron chi connectivity index (χ2n) is 6.41. The molecule has 0 saturated carbocycles. The maximum Gasteiger partial charge on any atom is 0.236 e. The number of nitrogens with zero attached hydrogens (tertiary/aromatic N) is 1. The van der Waals surface area contributed by atoms with Gasteiger partial charge < -0.3 is 5.73 Å². The van der Waals surface area contributed by atoms with E-state index in [1.165, 1.54) is 31.2 Å². The van der Waals surface area contributed by atoms with Gasteiger partial charge in [0, 0.05) is 11.9 Å². The van der Waals surface area contributed by atoms with Crippen molar-refractivity contribution in [1.29, 1.82) is 0 Å². The molecule has 0 spiro atoms. The minimum absolute atomic E-state index is 0.0148. The summed E-state index contributed by atoms with van der Waals surface area (Å²) in [6, 6.07) is 18.3. The van der Waals surface area contributed by atoms with Crippen LogP contribution in [0.3, 0.4) is 0 Å². The van der Waals surface area contributed by atoms with Gasteiger partial charge in [-0.1, -0.05) is 54.1 Å². The van der Waals surface area contributed by atoms with Gasteiger partial charge in [0.1, 0.15) is 22.9 Å². The molecule has 0 bridgehead atoms. The molecular weight excluding hydrogens is 396 g/mol. The topological polar surface area (TPSA) is 67.5 Å².